The lowest BCUT2D eigenvalue weighted by molar-refractivity contribution is 0.000473. The highest BCUT2D eigenvalue weighted by Gasteiger charge is 2.57. The highest BCUT2D eigenvalue weighted by Crippen LogP contribution is 2.66. The number of nitrogens with two attached hydrogens (primary N) is 2. The minimum Gasteiger partial charge on any atom is -0.493 e. The largest absolute Gasteiger partial charge is 0.493 e. The first-order valence-corrected chi connectivity index (χ1v) is 17.6. The molecule has 1 aliphatic heterocycles. The molecule has 0 saturated heterocycles. The number of methoxy groups -OCH3 is 2. The van der Waals surface area contributed by atoms with Gasteiger partial charge < -0.3 is 40.1 Å². The Morgan fingerprint density at radius 3 is 1.37 bits per heavy atom. The molecule has 1 heterocycles. The molecule has 10 nitrogen and oxygen atoms in total. The fourth-order valence-electron chi connectivity index (χ4n) is 8.24. The fourth-order valence-corrected chi connectivity index (χ4v) is 8.24. The number of fused-ring (bicyclic) bond motifs is 6. The Balaban J connectivity index is 1.58. The molecule has 0 amide bonds. The Morgan fingerprint density at radius 2 is 0.980 bits per heavy atom. The molecular weight excluding hydrogens is 644 g/mol. The number of benzene rings is 3. The summed E-state index contributed by atoms with van der Waals surface area (Å²) in [5.41, 5.74) is 19.3. The topological polar surface area (TPSA) is 132 Å². The van der Waals surface area contributed by atoms with Crippen LogP contribution in [-0.4, -0.2) is 37.1 Å². The van der Waals surface area contributed by atoms with Crippen LogP contribution in [0.5, 0.6) is 34.5 Å². The second kappa shape index (κ2) is 11.7. The summed E-state index contributed by atoms with van der Waals surface area (Å²) in [5, 5.41) is 8.65. The quantitative estimate of drug-likeness (QED) is 0.116. The van der Waals surface area contributed by atoms with Gasteiger partial charge in [-0.2, -0.15) is 0 Å². The van der Waals surface area contributed by atoms with Crippen molar-refractivity contribution < 1.29 is 28.6 Å². The maximum absolute atomic E-state index is 6.91. The number of nitrogens with zero attached hydrogens (tertiary/aromatic N) is 2. The number of ether oxygens (including phenoxy) is 4. The van der Waals surface area contributed by atoms with Crippen LogP contribution in [0.2, 0.25) is 0 Å². The molecule has 3 aromatic rings. The zero-order chi connectivity index (χ0) is 37.6. The van der Waals surface area contributed by atoms with Gasteiger partial charge in [0.1, 0.15) is 11.2 Å². The van der Waals surface area contributed by atoms with E-state index in [1.807, 2.05) is 55.4 Å². The molecule has 0 aromatic heterocycles. The van der Waals surface area contributed by atoms with Crippen LogP contribution >= 0.6 is 0 Å². The van der Waals surface area contributed by atoms with Crippen LogP contribution in [0.3, 0.4) is 0 Å². The summed E-state index contributed by atoms with van der Waals surface area (Å²) >= 11 is 0. The van der Waals surface area contributed by atoms with Crippen molar-refractivity contribution in [2.75, 3.05) is 14.2 Å². The number of hydrogen-bond acceptors (Lipinski definition) is 8. The van der Waals surface area contributed by atoms with Crippen molar-refractivity contribution in [2.24, 2.45) is 21.8 Å². The van der Waals surface area contributed by atoms with Crippen molar-refractivity contribution in [3.05, 3.63) is 68.8 Å². The van der Waals surface area contributed by atoms with E-state index in [0.717, 1.165) is 35.5 Å². The summed E-state index contributed by atoms with van der Waals surface area (Å²) < 4.78 is 25.3. The predicted octanol–water partition coefficient (Wildman–Crippen LogP) is 8.74. The number of rotatable bonds is 6. The molecule has 0 saturated carbocycles. The molecule has 4 N–H and O–H groups in total. The van der Waals surface area contributed by atoms with Gasteiger partial charge in [-0.25, -0.2) is 0 Å². The Labute approximate surface area is 302 Å². The standard InChI is InChI=1S/C41H54N4O6/c1-21-22(2)32(36(43)45-51-38(6,7)8)34-33(31(21)35(42)44-50-37(3,4)5)48-29-16-24-26(18-30(29)49-34)41(20-40(24,11)12)19-39(9,10)23-15-27(46-13)28(47-14)17-25(23)41/h15-18H,19-20H2,1-14H3,(H2,42,44)(H2,43,45). The van der Waals surface area contributed by atoms with Gasteiger partial charge in [0.15, 0.2) is 46.2 Å². The Bertz CT molecular complexity index is 2000. The summed E-state index contributed by atoms with van der Waals surface area (Å²) in [6.45, 7) is 24.6. The molecule has 1 spiro atoms. The maximum Gasteiger partial charge on any atom is 0.182 e. The molecule has 0 fully saturated rings. The first-order valence-electron chi connectivity index (χ1n) is 17.6. The maximum atomic E-state index is 6.91. The fraction of sp³-hybridized carbons (Fsp3) is 0.512. The van der Waals surface area contributed by atoms with Gasteiger partial charge in [-0.05, 0) is 137 Å². The van der Waals surface area contributed by atoms with E-state index in [0.29, 0.717) is 34.1 Å². The van der Waals surface area contributed by atoms with Crippen molar-refractivity contribution in [1.82, 2.24) is 0 Å². The smallest absolute Gasteiger partial charge is 0.182 e. The number of oxime groups is 2. The molecule has 10 heteroatoms. The van der Waals surface area contributed by atoms with Crippen molar-refractivity contribution >= 4 is 11.7 Å². The summed E-state index contributed by atoms with van der Waals surface area (Å²) in [4.78, 5) is 11.5. The SMILES string of the molecule is COc1cc2c(cc1OC)C1(CC2(C)C)CC(C)(C)c2cc3c(cc21)Oc1c(c(/C(N)=N/OC(C)(C)C)c(C)c(C)c1/C(N)=N/OC(C)(C)C)O3. The van der Waals surface area contributed by atoms with Gasteiger partial charge in [0.25, 0.3) is 0 Å². The number of amidine groups is 2. The van der Waals surface area contributed by atoms with Gasteiger partial charge in [-0.15, -0.1) is 0 Å². The third kappa shape index (κ3) is 6.00. The van der Waals surface area contributed by atoms with E-state index in [2.05, 4.69) is 62.3 Å². The van der Waals surface area contributed by atoms with Gasteiger partial charge in [-0.1, -0.05) is 38.0 Å². The molecule has 3 aliphatic rings. The lowest BCUT2D eigenvalue weighted by atomic mass is 9.72. The van der Waals surface area contributed by atoms with E-state index in [9.17, 15) is 0 Å². The van der Waals surface area contributed by atoms with Crippen LogP contribution in [0, 0.1) is 13.8 Å². The Kier molecular flexibility index (Phi) is 8.32. The second-order valence-corrected chi connectivity index (χ2v) is 17.5. The molecule has 2 aliphatic carbocycles. The van der Waals surface area contributed by atoms with E-state index in [1.165, 1.54) is 22.3 Å². The number of hydrogen-bond donors (Lipinski definition) is 2. The van der Waals surface area contributed by atoms with Crippen LogP contribution in [0.25, 0.3) is 0 Å². The summed E-state index contributed by atoms with van der Waals surface area (Å²) in [5.74, 6) is 3.71. The van der Waals surface area contributed by atoms with E-state index < -0.39 is 11.2 Å². The molecule has 0 radical (unpaired) electrons. The first-order chi connectivity index (χ1) is 23.5. The summed E-state index contributed by atoms with van der Waals surface area (Å²) in [6.07, 6.45) is 1.82. The molecule has 3 aromatic carbocycles. The van der Waals surface area contributed by atoms with Gasteiger partial charge >= 0.3 is 0 Å². The van der Waals surface area contributed by atoms with Crippen LogP contribution < -0.4 is 30.4 Å². The summed E-state index contributed by atoms with van der Waals surface area (Å²) in [7, 11) is 3.37. The van der Waals surface area contributed by atoms with Gasteiger partial charge in [0.2, 0.25) is 0 Å². The monoisotopic (exact) mass is 698 g/mol. The minimum absolute atomic E-state index is 0.118. The average Bonchev–Trinajstić information content (AvgIpc) is 3.38. The van der Waals surface area contributed by atoms with Crippen LogP contribution in [0.4, 0.5) is 0 Å². The summed E-state index contributed by atoms with van der Waals surface area (Å²) in [6, 6.07) is 8.61. The normalized spacial score (nSPS) is 20.1. The van der Waals surface area contributed by atoms with Crippen molar-refractivity contribution in [3.8, 4) is 34.5 Å². The predicted molar refractivity (Wildman–Crippen MR) is 201 cm³/mol. The van der Waals surface area contributed by atoms with Crippen molar-refractivity contribution in [2.45, 2.75) is 123 Å². The zero-order valence-corrected chi connectivity index (χ0v) is 32.7. The van der Waals surface area contributed by atoms with Gasteiger partial charge in [-0.3, -0.25) is 0 Å². The first kappa shape index (κ1) is 36.2. The third-order valence-electron chi connectivity index (χ3n) is 10.3. The molecular formula is C41H54N4O6. The zero-order valence-electron chi connectivity index (χ0n) is 32.7. The van der Waals surface area contributed by atoms with Crippen LogP contribution in [0.15, 0.2) is 34.6 Å². The highest BCUT2D eigenvalue weighted by atomic mass is 16.7. The third-order valence-corrected chi connectivity index (χ3v) is 10.3. The van der Waals surface area contributed by atoms with Crippen molar-refractivity contribution in [1.29, 1.82) is 0 Å². The lowest BCUT2D eigenvalue weighted by Gasteiger charge is -2.31. The van der Waals surface area contributed by atoms with Gasteiger partial charge in [0.05, 0.1) is 25.3 Å². The highest BCUT2D eigenvalue weighted by molar-refractivity contribution is 6.08. The van der Waals surface area contributed by atoms with E-state index in [1.54, 1.807) is 14.2 Å². The van der Waals surface area contributed by atoms with E-state index in [4.69, 9.17) is 40.1 Å². The lowest BCUT2D eigenvalue weighted by Crippen LogP contribution is -2.27. The second-order valence-electron chi connectivity index (χ2n) is 17.5. The van der Waals surface area contributed by atoms with E-state index in [-0.39, 0.29) is 27.9 Å². The van der Waals surface area contributed by atoms with E-state index >= 15 is 0 Å². The van der Waals surface area contributed by atoms with Crippen LogP contribution in [0.1, 0.15) is 127 Å². The minimum atomic E-state index is -0.557. The Hall–Kier alpha value is -4.60. The van der Waals surface area contributed by atoms with Crippen LogP contribution in [-0.2, 0) is 25.9 Å². The van der Waals surface area contributed by atoms with Gasteiger partial charge in [0, 0.05) is 5.41 Å². The average molecular weight is 699 g/mol. The molecule has 0 bridgehead atoms. The molecule has 274 valence electrons. The molecule has 1 unspecified atom stereocenters. The molecule has 1 atom stereocenters. The van der Waals surface area contributed by atoms with Crippen molar-refractivity contribution in [3.63, 3.8) is 0 Å². The Morgan fingerprint density at radius 1 is 0.627 bits per heavy atom. The molecule has 51 heavy (non-hydrogen) atoms. The molecule has 6 rings (SSSR count).